The third-order valence-electron chi connectivity index (χ3n) is 2.70. The van der Waals surface area contributed by atoms with Gasteiger partial charge in [-0.25, -0.2) is 4.39 Å². The quantitative estimate of drug-likeness (QED) is 0.884. The Hall–Kier alpha value is -0.800. The molecule has 1 saturated heterocycles. The van der Waals surface area contributed by atoms with E-state index >= 15 is 0 Å². The number of rotatable bonds is 3. The number of nitrogens with one attached hydrogen (secondary N) is 1. The standard InChI is InChI=1S/C12H16FNO.ClH/c13-11-3-5-12(6-4-11)15-9-10-2-1-7-14-8-10;/h3-6,10,14H,1-2,7-9H2;1H. The maximum Gasteiger partial charge on any atom is 0.123 e. The Balaban J connectivity index is 0.00000128. The third kappa shape index (κ3) is 3.99. The van der Waals surface area contributed by atoms with Crippen LogP contribution >= 0.6 is 12.4 Å². The Kier molecular flexibility index (Phi) is 5.56. The van der Waals surface area contributed by atoms with Crippen LogP contribution in [0.1, 0.15) is 12.8 Å². The first-order valence-corrected chi connectivity index (χ1v) is 5.44. The molecule has 90 valence electrons. The van der Waals surface area contributed by atoms with Crippen LogP contribution in [-0.4, -0.2) is 19.7 Å². The number of ether oxygens (including phenoxy) is 1. The maximum atomic E-state index is 12.6. The van der Waals surface area contributed by atoms with Gasteiger partial charge in [-0.3, -0.25) is 0 Å². The molecule has 1 aliphatic heterocycles. The van der Waals surface area contributed by atoms with E-state index in [0.29, 0.717) is 5.92 Å². The lowest BCUT2D eigenvalue weighted by Gasteiger charge is -2.22. The molecule has 2 rings (SSSR count). The lowest BCUT2D eigenvalue weighted by Crippen LogP contribution is -2.33. The molecule has 0 bridgehead atoms. The monoisotopic (exact) mass is 245 g/mol. The molecule has 1 N–H and O–H groups in total. The topological polar surface area (TPSA) is 21.3 Å². The summed E-state index contributed by atoms with van der Waals surface area (Å²) >= 11 is 0. The molecule has 0 aromatic heterocycles. The summed E-state index contributed by atoms with van der Waals surface area (Å²) in [5.74, 6) is 1.12. The van der Waals surface area contributed by atoms with E-state index in [1.165, 1.54) is 25.0 Å². The van der Waals surface area contributed by atoms with Crippen LogP contribution in [-0.2, 0) is 0 Å². The van der Waals surface area contributed by atoms with Gasteiger partial charge in [0.2, 0.25) is 0 Å². The molecule has 1 fully saturated rings. The molecule has 16 heavy (non-hydrogen) atoms. The fourth-order valence-corrected chi connectivity index (χ4v) is 1.81. The molecular weight excluding hydrogens is 229 g/mol. The first-order chi connectivity index (χ1) is 7.34. The molecule has 0 amide bonds. The van der Waals surface area contributed by atoms with E-state index in [0.717, 1.165) is 25.4 Å². The van der Waals surface area contributed by atoms with Crippen molar-refractivity contribution in [2.45, 2.75) is 12.8 Å². The van der Waals surface area contributed by atoms with Crippen LogP contribution in [0.25, 0.3) is 0 Å². The summed E-state index contributed by atoms with van der Waals surface area (Å²) in [5, 5.41) is 3.34. The average molecular weight is 246 g/mol. The summed E-state index contributed by atoms with van der Waals surface area (Å²) in [5.41, 5.74) is 0. The number of piperidine rings is 1. The third-order valence-corrected chi connectivity index (χ3v) is 2.70. The first-order valence-electron chi connectivity index (χ1n) is 5.44. The van der Waals surface area contributed by atoms with Gasteiger partial charge in [0.05, 0.1) is 6.61 Å². The Bertz CT molecular complexity index is 298. The summed E-state index contributed by atoms with van der Waals surface area (Å²) in [6.45, 7) is 2.87. The smallest absolute Gasteiger partial charge is 0.123 e. The number of halogens is 2. The summed E-state index contributed by atoms with van der Waals surface area (Å²) < 4.78 is 18.2. The molecule has 1 aromatic rings. The number of hydrogen-bond acceptors (Lipinski definition) is 2. The molecule has 0 radical (unpaired) electrons. The summed E-state index contributed by atoms with van der Waals surface area (Å²) in [6, 6.07) is 6.19. The van der Waals surface area contributed by atoms with Crippen LogP contribution in [0.2, 0.25) is 0 Å². The lowest BCUT2D eigenvalue weighted by molar-refractivity contribution is 0.218. The van der Waals surface area contributed by atoms with E-state index in [2.05, 4.69) is 5.32 Å². The van der Waals surface area contributed by atoms with Gasteiger partial charge in [0.25, 0.3) is 0 Å². The SMILES string of the molecule is Cl.Fc1ccc(OCC2CCCNC2)cc1. The fraction of sp³-hybridized carbons (Fsp3) is 0.500. The van der Waals surface area contributed by atoms with Crippen molar-refractivity contribution in [2.24, 2.45) is 5.92 Å². The predicted molar refractivity (Wildman–Crippen MR) is 64.7 cm³/mol. The molecular formula is C12H17ClFNO. The van der Waals surface area contributed by atoms with Crippen molar-refractivity contribution < 1.29 is 9.13 Å². The van der Waals surface area contributed by atoms with E-state index < -0.39 is 0 Å². The molecule has 2 nitrogen and oxygen atoms in total. The molecule has 0 saturated carbocycles. The van der Waals surface area contributed by atoms with Gasteiger partial charge in [0, 0.05) is 12.5 Å². The highest BCUT2D eigenvalue weighted by Crippen LogP contribution is 2.15. The molecule has 1 heterocycles. The molecule has 4 heteroatoms. The lowest BCUT2D eigenvalue weighted by atomic mass is 10.0. The van der Waals surface area contributed by atoms with E-state index in [1.54, 1.807) is 12.1 Å². The Morgan fingerprint density at radius 1 is 1.31 bits per heavy atom. The Labute approximate surface area is 102 Å². The van der Waals surface area contributed by atoms with Crippen molar-refractivity contribution >= 4 is 12.4 Å². The summed E-state index contributed by atoms with van der Waals surface area (Å²) in [4.78, 5) is 0. The largest absolute Gasteiger partial charge is 0.493 e. The summed E-state index contributed by atoms with van der Waals surface area (Å²) in [7, 11) is 0. The van der Waals surface area contributed by atoms with Crippen LogP contribution in [0.5, 0.6) is 5.75 Å². The Morgan fingerprint density at radius 2 is 2.06 bits per heavy atom. The highest BCUT2D eigenvalue weighted by molar-refractivity contribution is 5.85. The van der Waals surface area contributed by atoms with Gasteiger partial charge in [-0.15, -0.1) is 12.4 Å². The van der Waals surface area contributed by atoms with Crippen LogP contribution in [0.3, 0.4) is 0 Å². The van der Waals surface area contributed by atoms with Crippen molar-refractivity contribution in [3.8, 4) is 5.75 Å². The number of benzene rings is 1. The minimum atomic E-state index is -0.221. The van der Waals surface area contributed by atoms with Gasteiger partial charge < -0.3 is 10.1 Å². The van der Waals surface area contributed by atoms with Crippen molar-refractivity contribution in [1.82, 2.24) is 5.32 Å². The maximum absolute atomic E-state index is 12.6. The minimum absolute atomic E-state index is 0. The molecule has 1 aromatic carbocycles. The van der Waals surface area contributed by atoms with E-state index in [1.807, 2.05) is 0 Å². The van der Waals surface area contributed by atoms with Crippen molar-refractivity contribution in [1.29, 1.82) is 0 Å². The molecule has 0 aliphatic carbocycles. The molecule has 1 aliphatic rings. The fourth-order valence-electron chi connectivity index (χ4n) is 1.81. The van der Waals surface area contributed by atoms with Gasteiger partial charge in [-0.05, 0) is 43.7 Å². The second kappa shape index (κ2) is 6.71. The van der Waals surface area contributed by atoms with E-state index in [4.69, 9.17) is 4.74 Å². The average Bonchev–Trinajstić information content (AvgIpc) is 2.30. The van der Waals surface area contributed by atoms with Crippen LogP contribution < -0.4 is 10.1 Å². The van der Waals surface area contributed by atoms with Crippen molar-refractivity contribution in [3.63, 3.8) is 0 Å². The zero-order valence-corrected chi connectivity index (χ0v) is 9.93. The normalized spacial score (nSPS) is 19.9. The van der Waals surface area contributed by atoms with Gasteiger partial charge in [-0.2, -0.15) is 0 Å². The highest BCUT2D eigenvalue weighted by Gasteiger charge is 2.13. The van der Waals surface area contributed by atoms with Crippen molar-refractivity contribution in [2.75, 3.05) is 19.7 Å². The van der Waals surface area contributed by atoms with Crippen LogP contribution in [0, 0.1) is 11.7 Å². The van der Waals surface area contributed by atoms with E-state index in [-0.39, 0.29) is 18.2 Å². The first kappa shape index (κ1) is 13.3. The molecule has 1 atom stereocenters. The highest BCUT2D eigenvalue weighted by atomic mass is 35.5. The van der Waals surface area contributed by atoms with Gasteiger partial charge >= 0.3 is 0 Å². The van der Waals surface area contributed by atoms with Crippen molar-refractivity contribution in [3.05, 3.63) is 30.1 Å². The molecule has 1 unspecified atom stereocenters. The molecule has 0 spiro atoms. The van der Waals surface area contributed by atoms with E-state index in [9.17, 15) is 4.39 Å². The van der Waals surface area contributed by atoms with Gasteiger partial charge in [-0.1, -0.05) is 0 Å². The van der Waals surface area contributed by atoms with Crippen LogP contribution in [0.15, 0.2) is 24.3 Å². The zero-order chi connectivity index (χ0) is 10.5. The Morgan fingerprint density at radius 3 is 2.69 bits per heavy atom. The second-order valence-electron chi connectivity index (χ2n) is 3.98. The van der Waals surface area contributed by atoms with Gasteiger partial charge in [0.1, 0.15) is 11.6 Å². The zero-order valence-electron chi connectivity index (χ0n) is 9.12. The van der Waals surface area contributed by atoms with Crippen LogP contribution in [0.4, 0.5) is 4.39 Å². The predicted octanol–water partition coefficient (Wildman–Crippen LogP) is 2.63. The second-order valence-corrected chi connectivity index (χ2v) is 3.98. The van der Waals surface area contributed by atoms with Gasteiger partial charge in [0.15, 0.2) is 0 Å². The summed E-state index contributed by atoms with van der Waals surface area (Å²) in [6.07, 6.45) is 2.44. The number of hydrogen-bond donors (Lipinski definition) is 1. The minimum Gasteiger partial charge on any atom is -0.493 e.